The summed E-state index contributed by atoms with van der Waals surface area (Å²) in [7, 11) is 0. The maximum absolute atomic E-state index is 2.46. The minimum atomic E-state index is -0.0630. The summed E-state index contributed by atoms with van der Waals surface area (Å²) in [6, 6.07) is 61.5. The topological polar surface area (TPSA) is 4.93 Å². The molecule has 0 N–H and O–H groups in total. The van der Waals surface area contributed by atoms with E-state index in [0.29, 0.717) is 0 Å². The van der Waals surface area contributed by atoms with Gasteiger partial charge in [0.25, 0.3) is 0 Å². The molecule has 1 nitrogen and oxygen atoms in total. The Balaban J connectivity index is 1.02. The van der Waals surface area contributed by atoms with Crippen LogP contribution in [-0.2, 0) is 5.41 Å². The molecule has 0 radical (unpaired) electrons. The SMILES string of the molecule is CC1(C)c2ccccc2-c2ccc3c(ccc4c3c3ccccc3n4-c3ccc4cc(-c5ccc6c7c(cccc57)-c5ccccc5-6)ccc4c3)c21. The molecular weight excluding hydrogens is 627 g/mol. The molecule has 1 aromatic heterocycles. The Morgan fingerprint density at radius 1 is 0.385 bits per heavy atom. The molecule has 52 heavy (non-hydrogen) atoms. The van der Waals surface area contributed by atoms with Crippen molar-refractivity contribution in [3.63, 3.8) is 0 Å². The molecule has 10 aromatic rings. The molecule has 242 valence electrons. The molecule has 0 saturated heterocycles. The predicted octanol–water partition coefficient (Wildman–Crippen LogP) is 13.9. The van der Waals surface area contributed by atoms with Crippen molar-refractivity contribution in [3.05, 3.63) is 175 Å². The lowest BCUT2D eigenvalue weighted by Crippen LogP contribution is -2.15. The van der Waals surface area contributed by atoms with E-state index in [1.165, 1.54) is 115 Å². The molecule has 0 saturated carbocycles. The molecule has 0 amide bonds. The van der Waals surface area contributed by atoms with Crippen molar-refractivity contribution in [2.45, 2.75) is 19.3 Å². The van der Waals surface area contributed by atoms with Gasteiger partial charge in [-0.15, -0.1) is 0 Å². The third-order valence-electron chi connectivity index (χ3n) is 12.3. The average molecular weight is 660 g/mol. The molecule has 2 aliphatic carbocycles. The van der Waals surface area contributed by atoms with Crippen molar-refractivity contribution in [1.82, 2.24) is 4.57 Å². The highest BCUT2D eigenvalue weighted by Gasteiger charge is 2.37. The zero-order valence-corrected chi connectivity index (χ0v) is 29.0. The molecule has 0 aliphatic heterocycles. The van der Waals surface area contributed by atoms with Crippen LogP contribution in [0.5, 0.6) is 0 Å². The maximum Gasteiger partial charge on any atom is 0.0547 e. The first-order valence-corrected chi connectivity index (χ1v) is 18.4. The van der Waals surface area contributed by atoms with E-state index in [4.69, 9.17) is 0 Å². The number of fused-ring (bicyclic) bond motifs is 13. The summed E-state index contributed by atoms with van der Waals surface area (Å²) in [5.74, 6) is 0. The lowest BCUT2D eigenvalue weighted by molar-refractivity contribution is 0.666. The van der Waals surface area contributed by atoms with Gasteiger partial charge in [0.15, 0.2) is 0 Å². The third-order valence-corrected chi connectivity index (χ3v) is 12.3. The predicted molar refractivity (Wildman–Crippen MR) is 221 cm³/mol. The van der Waals surface area contributed by atoms with Crippen molar-refractivity contribution in [2.75, 3.05) is 0 Å². The Morgan fingerprint density at radius 2 is 1.04 bits per heavy atom. The van der Waals surface area contributed by atoms with Gasteiger partial charge in [-0.1, -0.05) is 147 Å². The van der Waals surface area contributed by atoms with E-state index in [1.807, 2.05) is 0 Å². The van der Waals surface area contributed by atoms with Crippen molar-refractivity contribution >= 4 is 54.1 Å². The van der Waals surface area contributed by atoms with Crippen molar-refractivity contribution < 1.29 is 0 Å². The molecule has 0 spiro atoms. The van der Waals surface area contributed by atoms with Crippen LogP contribution < -0.4 is 0 Å². The molecule has 0 fully saturated rings. The molecule has 0 unspecified atom stereocenters. The van der Waals surface area contributed by atoms with Gasteiger partial charge in [0, 0.05) is 21.9 Å². The quantitative estimate of drug-likeness (QED) is 0.174. The molecule has 2 aliphatic rings. The molecule has 0 bridgehead atoms. The summed E-state index contributed by atoms with van der Waals surface area (Å²) in [6.07, 6.45) is 0. The lowest BCUT2D eigenvalue weighted by Gasteiger charge is -2.23. The maximum atomic E-state index is 2.46. The Morgan fingerprint density at radius 3 is 1.92 bits per heavy atom. The van der Waals surface area contributed by atoms with Gasteiger partial charge < -0.3 is 4.57 Å². The first kappa shape index (κ1) is 28.3. The number of nitrogens with zero attached hydrogens (tertiary/aromatic N) is 1. The number of rotatable bonds is 2. The zero-order chi connectivity index (χ0) is 34.3. The van der Waals surface area contributed by atoms with Crippen LogP contribution in [0.2, 0.25) is 0 Å². The summed E-state index contributed by atoms with van der Waals surface area (Å²) in [4.78, 5) is 0. The fourth-order valence-corrected chi connectivity index (χ4v) is 10.0. The number of para-hydroxylation sites is 1. The van der Waals surface area contributed by atoms with Crippen LogP contribution in [0.25, 0.3) is 104 Å². The normalized spacial score (nSPS) is 13.7. The first-order chi connectivity index (χ1) is 25.6. The highest BCUT2D eigenvalue weighted by Crippen LogP contribution is 2.53. The van der Waals surface area contributed by atoms with Gasteiger partial charge in [0.1, 0.15) is 0 Å². The molecular formula is C51H33N. The molecule has 1 heteroatoms. The van der Waals surface area contributed by atoms with E-state index in [2.05, 4.69) is 182 Å². The standard InChI is InChI=1S/C51H33N/c1-51(2)45-16-7-5-12-37(45)42-25-24-41-43(50(42)51)26-27-47-49(41)44-13-6-8-17-46(44)52(47)33-21-20-30-28-32(19-18-31(30)29-33)34-22-23-40-36-11-4-3-10-35(36)39-15-9-14-38(34)48(39)40/h3-29H,1-2H3. The number of hydrogen-bond acceptors (Lipinski definition) is 0. The van der Waals surface area contributed by atoms with Crippen LogP contribution in [0, 0.1) is 0 Å². The molecule has 0 atom stereocenters. The van der Waals surface area contributed by atoms with Gasteiger partial charge in [-0.2, -0.15) is 0 Å². The van der Waals surface area contributed by atoms with E-state index >= 15 is 0 Å². The van der Waals surface area contributed by atoms with Crippen LogP contribution in [0.4, 0.5) is 0 Å². The molecule has 12 rings (SSSR count). The minimum Gasteiger partial charge on any atom is -0.309 e. The van der Waals surface area contributed by atoms with Gasteiger partial charge in [-0.25, -0.2) is 0 Å². The molecule has 9 aromatic carbocycles. The highest BCUT2D eigenvalue weighted by atomic mass is 15.0. The Labute approximate surface area is 302 Å². The van der Waals surface area contributed by atoms with E-state index in [1.54, 1.807) is 0 Å². The lowest BCUT2D eigenvalue weighted by atomic mass is 9.80. The number of benzene rings is 9. The first-order valence-electron chi connectivity index (χ1n) is 18.4. The third kappa shape index (κ3) is 3.53. The monoisotopic (exact) mass is 659 g/mol. The van der Waals surface area contributed by atoms with Gasteiger partial charge in [0.05, 0.1) is 11.0 Å². The second-order valence-corrected chi connectivity index (χ2v) is 15.2. The minimum absolute atomic E-state index is 0.0630. The van der Waals surface area contributed by atoms with Gasteiger partial charge in [0.2, 0.25) is 0 Å². The van der Waals surface area contributed by atoms with Crippen LogP contribution >= 0.6 is 0 Å². The fourth-order valence-electron chi connectivity index (χ4n) is 10.0. The van der Waals surface area contributed by atoms with Gasteiger partial charge in [-0.3, -0.25) is 0 Å². The summed E-state index contributed by atoms with van der Waals surface area (Å²) in [5, 5.41) is 10.5. The second kappa shape index (κ2) is 9.87. The summed E-state index contributed by atoms with van der Waals surface area (Å²) < 4.78 is 2.46. The number of aromatic nitrogens is 1. The van der Waals surface area contributed by atoms with Crippen LogP contribution in [0.1, 0.15) is 25.0 Å². The average Bonchev–Trinajstić information content (AvgIpc) is 3.79. The van der Waals surface area contributed by atoms with E-state index in [-0.39, 0.29) is 5.41 Å². The largest absolute Gasteiger partial charge is 0.309 e. The fraction of sp³-hybridized carbons (Fsp3) is 0.0588. The van der Waals surface area contributed by atoms with E-state index < -0.39 is 0 Å². The van der Waals surface area contributed by atoms with Gasteiger partial charge >= 0.3 is 0 Å². The summed E-state index contributed by atoms with van der Waals surface area (Å²) in [6.45, 7) is 4.77. The van der Waals surface area contributed by atoms with Crippen molar-refractivity contribution in [3.8, 4) is 50.2 Å². The summed E-state index contributed by atoms with van der Waals surface area (Å²) in [5.41, 5.74) is 17.1. The van der Waals surface area contributed by atoms with E-state index in [0.717, 1.165) is 0 Å². The molecule has 1 heterocycles. The van der Waals surface area contributed by atoms with Crippen LogP contribution in [-0.4, -0.2) is 4.57 Å². The van der Waals surface area contributed by atoms with Crippen molar-refractivity contribution in [1.29, 1.82) is 0 Å². The van der Waals surface area contributed by atoms with Gasteiger partial charge in [-0.05, 0) is 118 Å². The summed E-state index contributed by atoms with van der Waals surface area (Å²) >= 11 is 0. The second-order valence-electron chi connectivity index (χ2n) is 15.2. The highest BCUT2D eigenvalue weighted by molar-refractivity contribution is 6.23. The Hall–Kier alpha value is -6.44. The Kier molecular flexibility index (Phi) is 5.37. The number of hydrogen-bond donors (Lipinski definition) is 0. The van der Waals surface area contributed by atoms with Crippen molar-refractivity contribution in [2.24, 2.45) is 0 Å². The zero-order valence-electron chi connectivity index (χ0n) is 29.0. The van der Waals surface area contributed by atoms with Crippen LogP contribution in [0.15, 0.2) is 164 Å². The van der Waals surface area contributed by atoms with Crippen LogP contribution in [0.3, 0.4) is 0 Å². The van der Waals surface area contributed by atoms with E-state index in [9.17, 15) is 0 Å². The smallest absolute Gasteiger partial charge is 0.0547 e. The Bertz CT molecular complexity index is 3180.